The summed E-state index contributed by atoms with van der Waals surface area (Å²) in [4.78, 5) is 23.9. The van der Waals surface area contributed by atoms with Gasteiger partial charge in [-0.25, -0.2) is 4.79 Å². The number of nitrogens with zero attached hydrogens (tertiary/aromatic N) is 1. The number of rotatable bonds is 1. The fourth-order valence-electron chi connectivity index (χ4n) is 1.26. The number of carbonyl (C=O) groups is 2. The third-order valence-electron chi connectivity index (χ3n) is 1.92. The Hall–Kier alpha value is -1.32. The molecule has 0 aromatic heterocycles. The maximum atomic E-state index is 11.6. The lowest BCUT2D eigenvalue weighted by molar-refractivity contribution is -0.112. The molecule has 0 aromatic carbocycles. The summed E-state index contributed by atoms with van der Waals surface area (Å²) in [6, 6.07) is 0. The van der Waals surface area contributed by atoms with Crippen LogP contribution in [-0.4, -0.2) is 28.9 Å². The summed E-state index contributed by atoms with van der Waals surface area (Å²) >= 11 is 0. The van der Waals surface area contributed by atoms with Crippen LogP contribution in [0.1, 0.15) is 34.1 Å². The first kappa shape index (κ1) is 11.8. The molecule has 0 atom stereocenters. The quantitative estimate of drug-likeness (QED) is 0.624. The van der Waals surface area contributed by atoms with E-state index < -0.39 is 5.60 Å². The Balaban J connectivity index is 2.59. The van der Waals surface area contributed by atoms with E-state index in [2.05, 4.69) is 0 Å². The second-order valence-electron chi connectivity index (χ2n) is 4.63. The van der Waals surface area contributed by atoms with Gasteiger partial charge in [0.25, 0.3) is 0 Å². The minimum Gasteiger partial charge on any atom is -0.443 e. The summed E-state index contributed by atoms with van der Waals surface area (Å²) < 4.78 is 5.19. The molecule has 1 fully saturated rings. The molecule has 4 nitrogen and oxygen atoms in total. The fraction of sp³-hybridized carbons (Fsp3) is 0.636. The van der Waals surface area contributed by atoms with Gasteiger partial charge in [0.05, 0.1) is 0 Å². The number of likely N-dealkylation sites (tertiary alicyclic amines) is 1. The molecule has 1 amide bonds. The predicted octanol–water partition coefficient (Wildman–Crippen LogP) is 2.10. The molecule has 1 heterocycles. The molecule has 1 saturated heterocycles. The van der Waals surface area contributed by atoms with Crippen molar-refractivity contribution in [2.75, 3.05) is 6.54 Å². The minimum atomic E-state index is -0.492. The summed E-state index contributed by atoms with van der Waals surface area (Å²) in [7, 11) is 0. The standard InChI is InChI=1S/C11H17NO3/c1-8(13)7-9-5-6-12(9)10(14)15-11(2,3)4/h7H,5-6H2,1-4H3/b9-7-. The first-order valence-corrected chi connectivity index (χ1v) is 5.01. The van der Waals surface area contributed by atoms with Crippen LogP contribution >= 0.6 is 0 Å². The number of ketones is 1. The van der Waals surface area contributed by atoms with Gasteiger partial charge in [0.1, 0.15) is 5.60 Å². The van der Waals surface area contributed by atoms with Crippen LogP contribution in [-0.2, 0) is 9.53 Å². The first-order chi connectivity index (χ1) is 6.79. The van der Waals surface area contributed by atoms with Crippen LogP contribution in [0, 0.1) is 0 Å². The van der Waals surface area contributed by atoms with Crippen LogP contribution in [0.3, 0.4) is 0 Å². The van der Waals surface area contributed by atoms with Gasteiger partial charge in [0.2, 0.25) is 0 Å². The lowest BCUT2D eigenvalue weighted by Gasteiger charge is -2.35. The smallest absolute Gasteiger partial charge is 0.414 e. The molecule has 84 valence electrons. The van der Waals surface area contributed by atoms with Crippen molar-refractivity contribution in [2.45, 2.75) is 39.7 Å². The van der Waals surface area contributed by atoms with Gasteiger partial charge in [-0.1, -0.05) is 0 Å². The van der Waals surface area contributed by atoms with E-state index in [1.165, 1.54) is 17.9 Å². The fourth-order valence-corrected chi connectivity index (χ4v) is 1.26. The van der Waals surface area contributed by atoms with E-state index in [9.17, 15) is 9.59 Å². The van der Waals surface area contributed by atoms with E-state index >= 15 is 0 Å². The normalized spacial score (nSPS) is 18.7. The highest BCUT2D eigenvalue weighted by Gasteiger charge is 2.30. The Kier molecular flexibility index (Phi) is 3.17. The highest BCUT2D eigenvalue weighted by atomic mass is 16.6. The Morgan fingerprint density at radius 2 is 2.00 bits per heavy atom. The average molecular weight is 211 g/mol. The van der Waals surface area contributed by atoms with Crippen molar-refractivity contribution in [1.82, 2.24) is 4.90 Å². The second kappa shape index (κ2) is 4.04. The molecule has 15 heavy (non-hydrogen) atoms. The average Bonchev–Trinajstić information content (AvgIpc) is 1.93. The number of hydrogen-bond acceptors (Lipinski definition) is 3. The molecule has 0 radical (unpaired) electrons. The van der Waals surface area contributed by atoms with Crippen molar-refractivity contribution >= 4 is 11.9 Å². The van der Waals surface area contributed by atoms with Gasteiger partial charge in [0.15, 0.2) is 5.78 Å². The van der Waals surface area contributed by atoms with Gasteiger partial charge >= 0.3 is 6.09 Å². The van der Waals surface area contributed by atoms with E-state index in [-0.39, 0.29) is 11.9 Å². The van der Waals surface area contributed by atoms with Gasteiger partial charge in [-0.2, -0.15) is 0 Å². The molecular formula is C11H17NO3. The van der Waals surface area contributed by atoms with E-state index in [1.54, 1.807) is 0 Å². The Morgan fingerprint density at radius 1 is 1.40 bits per heavy atom. The lowest BCUT2D eigenvalue weighted by Crippen LogP contribution is -2.43. The van der Waals surface area contributed by atoms with Crippen molar-refractivity contribution in [3.8, 4) is 0 Å². The van der Waals surface area contributed by atoms with Crippen molar-refractivity contribution < 1.29 is 14.3 Å². The molecule has 1 aliphatic rings. The number of carbonyl (C=O) groups excluding carboxylic acids is 2. The minimum absolute atomic E-state index is 0.0433. The van der Waals surface area contributed by atoms with Crippen LogP contribution in [0.5, 0.6) is 0 Å². The van der Waals surface area contributed by atoms with E-state index in [0.717, 1.165) is 12.1 Å². The summed E-state index contributed by atoms with van der Waals surface area (Å²) in [5.41, 5.74) is 0.255. The highest BCUT2D eigenvalue weighted by Crippen LogP contribution is 2.24. The molecule has 0 spiro atoms. The molecular weight excluding hydrogens is 194 g/mol. The monoisotopic (exact) mass is 211 g/mol. The van der Waals surface area contributed by atoms with Crippen LogP contribution in [0.2, 0.25) is 0 Å². The van der Waals surface area contributed by atoms with Gasteiger partial charge in [0, 0.05) is 24.7 Å². The van der Waals surface area contributed by atoms with Crippen molar-refractivity contribution in [2.24, 2.45) is 0 Å². The Morgan fingerprint density at radius 3 is 2.33 bits per heavy atom. The van der Waals surface area contributed by atoms with Crippen LogP contribution in [0.4, 0.5) is 4.79 Å². The molecule has 4 heteroatoms. The predicted molar refractivity (Wildman–Crippen MR) is 56.3 cm³/mol. The Labute approximate surface area is 89.9 Å². The molecule has 0 unspecified atom stereocenters. The first-order valence-electron chi connectivity index (χ1n) is 5.01. The third-order valence-corrected chi connectivity index (χ3v) is 1.92. The summed E-state index contributed by atoms with van der Waals surface area (Å²) in [5, 5.41) is 0. The highest BCUT2D eigenvalue weighted by molar-refractivity contribution is 5.89. The van der Waals surface area contributed by atoms with E-state index in [4.69, 9.17) is 4.74 Å². The molecule has 0 N–H and O–H groups in total. The number of allylic oxidation sites excluding steroid dienone is 1. The SMILES string of the molecule is CC(=O)/C=C1/CCN1C(=O)OC(C)(C)C. The second-order valence-corrected chi connectivity index (χ2v) is 4.63. The lowest BCUT2D eigenvalue weighted by atomic mass is 10.1. The van der Waals surface area contributed by atoms with E-state index in [0.29, 0.717) is 6.54 Å². The zero-order chi connectivity index (χ0) is 11.6. The summed E-state index contributed by atoms with van der Waals surface area (Å²) in [6.45, 7) is 7.56. The molecule has 1 aliphatic heterocycles. The third kappa shape index (κ3) is 3.38. The Bertz CT molecular complexity index is 312. The van der Waals surface area contributed by atoms with Crippen LogP contribution < -0.4 is 0 Å². The van der Waals surface area contributed by atoms with Crippen molar-refractivity contribution in [3.63, 3.8) is 0 Å². The largest absolute Gasteiger partial charge is 0.443 e. The van der Waals surface area contributed by atoms with Crippen LogP contribution in [0.15, 0.2) is 11.8 Å². The summed E-state index contributed by atoms with van der Waals surface area (Å²) in [5.74, 6) is -0.0433. The molecule has 0 bridgehead atoms. The number of ether oxygens (including phenoxy) is 1. The number of amides is 1. The van der Waals surface area contributed by atoms with Crippen molar-refractivity contribution in [1.29, 1.82) is 0 Å². The van der Waals surface area contributed by atoms with Crippen molar-refractivity contribution in [3.05, 3.63) is 11.8 Å². The zero-order valence-electron chi connectivity index (χ0n) is 9.66. The maximum absolute atomic E-state index is 11.6. The molecule has 0 saturated carbocycles. The molecule has 0 aliphatic carbocycles. The van der Waals surface area contributed by atoms with Gasteiger partial charge in [-0.3, -0.25) is 9.69 Å². The number of hydrogen-bond donors (Lipinski definition) is 0. The molecule has 1 rings (SSSR count). The van der Waals surface area contributed by atoms with Gasteiger partial charge < -0.3 is 4.74 Å². The topological polar surface area (TPSA) is 46.6 Å². The maximum Gasteiger partial charge on any atom is 0.414 e. The van der Waals surface area contributed by atoms with Gasteiger partial charge in [-0.15, -0.1) is 0 Å². The molecule has 0 aromatic rings. The van der Waals surface area contributed by atoms with Crippen LogP contribution in [0.25, 0.3) is 0 Å². The zero-order valence-corrected chi connectivity index (χ0v) is 9.66. The van der Waals surface area contributed by atoms with Gasteiger partial charge in [-0.05, 0) is 27.7 Å². The summed E-state index contributed by atoms with van der Waals surface area (Å²) in [6.07, 6.45) is 1.87. The van der Waals surface area contributed by atoms with E-state index in [1.807, 2.05) is 20.8 Å².